The fourth-order valence-corrected chi connectivity index (χ4v) is 4.43. The van der Waals surface area contributed by atoms with E-state index >= 15 is 0 Å². The summed E-state index contributed by atoms with van der Waals surface area (Å²) in [5.41, 5.74) is 5.94. The lowest BCUT2D eigenvalue weighted by Gasteiger charge is -2.30. The van der Waals surface area contributed by atoms with Crippen LogP contribution in [0.5, 0.6) is 0 Å². The first-order chi connectivity index (χ1) is 13.8. The van der Waals surface area contributed by atoms with Crippen molar-refractivity contribution in [1.29, 1.82) is 0 Å². The Bertz CT molecular complexity index is 1130. The second kappa shape index (κ2) is 7.13. The Labute approximate surface area is 171 Å². The third-order valence-corrected chi connectivity index (χ3v) is 6.10. The van der Waals surface area contributed by atoms with Gasteiger partial charge in [-0.05, 0) is 70.8 Å². The van der Waals surface area contributed by atoms with E-state index in [1.165, 1.54) is 0 Å². The molecule has 0 N–H and O–H groups in total. The molecule has 0 aliphatic carbocycles. The number of Topliss-reactive ketones (excluding diaryl/α,β-unsaturated/α-hetero) is 1. The molecule has 1 fully saturated rings. The standard InChI is InChI=1S/C24H26N4O/c1-16-13-20-23(26-14-16)22(21(29)15-27-12-6-11-24(27,3)4)17(2)28(20)19-9-7-18(25-5)8-10-19/h7-10,13-14H,6,11-12,15H2,1-4H3. The summed E-state index contributed by atoms with van der Waals surface area (Å²) >= 11 is 0. The highest BCUT2D eigenvalue weighted by atomic mass is 16.1. The molecule has 148 valence electrons. The normalized spacial score (nSPS) is 16.2. The van der Waals surface area contributed by atoms with Crippen molar-refractivity contribution in [3.63, 3.8) is 0 Å². The first kappa shape index (κ1) is 19.4. The van der Waals surface area contributed by atoms with Crippen molar-refractivity contribution in [2.24, 2.45) is 0 Å². The van der Waals surface area contributed by atoms with Gasteiger partial charge in [0, 0.05) is 23.1 Å². The van der Waals surface area contributed by atoms with E-state index < -0.39 is 0 Å². The predicted molar refractivity (Wildman–Crippen MR) is 116 cm³/mol. The van der Waals surface area contributed by atoms with E-state index in [2.05, 4.69) is 39.2 Å². The zero-order valence-electron chi connectivity index (χ0n) is 17.5. The molecule has 1 aromatic carbocycles. The van der Waals surface area contributed by atoms with Crippen LogP contribution in [0.25, 0.3) is 21.6 Å². The van der Waals surface area contributed by atoms with Crippen LogP contribution in [0.1, 0.15) is 48.3 Å². The lowest BCUT2D eigenvalue weighted by atomic mass is 10.0. The number of aryl methyl sites for hydroxylation is 1. The van der Waals surface area contributed by atoms with Crippen LogP contribution in [0.2, 0.25) is 0 Å². The van der Waals surface area contributed by atoms with E-state index in [1.807, 2.05) is 44.3 Å². The van der Waals surface area contributed by atoms with Crippen molar-refractivity contribution in [1.82, 2.24) is 14.5 Å². The highest BCUT2D eigenvalue weighted by Crippen LogP contribution is 2.32. The van der Waals surface area contributed by atoms with E-state index in [0.29, 0.717) is 17.8 Å². The Kier molecular flexibility index (Phi) is 4.76. The van der Waals surface area contributed by atoms with Crippen LogP contribution >= 0.6 is 0 Å². The number of likely N-dealkylation sites (tertiary alicyclic amines) is 1. The summed E-state index contributed by atoms with van der Waals surface area (Å²) in [6, 6.07) is 9.56. The second-order valence-electron chi connectivity index (χ2n) is 8.57. The summed E-state index contributed by atoms with van der Waals surface area (Å²) in [7, 11) is 0. The van der Waals surface area contributed by atoms with Gasteiger partial charge in [0.15, 0.2) is 11.5 Å². The summed E-state index contributed by atoms with van der Waals surface area (Å²) in [4.78, 5) is 23.8. The molecule has 0 amide bonds. The summed E-state index contributed by atoms with van der Waals surface area (Å²) in [6.07, 6.45) is 4.07. The molecule has 0 atom stereocenters. The molecule has 3 heterocycles. The van der Waals surface area contributed by atoms with E-state index in [0.717, 1.165) is 47.4 Å². The molecule has 1 aliphatic rings. The van der Waals surface area contributed by atoms with Crippen LogP contribution < -0.4 is 0 Å². The average Bonchev–Trinajstić information content (AvgIpc) is 3.17. The van der Waals surface area contributed by atoms with Crippen molar-refractivity contribution >= 4 is 22.5 Å². The molecule has 0 radical (unpaired) electrons. The van der Waals surface area contributed by atoms with Crippen molar-refractivity contribution in [3.8, 4) is 5.69 Å². The Morgan fingerprint density at radius 1 is 1.24 bits per heavy atom. The number of benzene rings is 1. The van der Waals surface area contributed by atoms with Gasteiger partial charge in [-0.15, -0.1) is 0 Å². The van der Waals surface area contributed by atoms with Gasteiger partial charge < -0.3 is 4.57 Å². The van der Waals surface area contributed by atoms with Gasteiger partial charge in [-0.25, -0.2) is 4.85 Å². The first-order valence-corrected chi connectivity index (χ1v) is 10.1. The summed E-state index contributed by atoms with van der Waals surface area (Å²) in [6.45, 7) is 17.0. The van der Waals surface area contributed by atoms with Crippen molar-refractivity contribution in [3.05, 3.63) is 64.8 Å². The van der Waals surface area contributed by atoms with Crippen LogP contribution in [0.3, 0.4) is 0 Å². The molecule has 5 heteroatoms. The largest absolute Gasteiger partial charge is 0.312 e. The summed E-state index contributed by atoms with van der Waals surface area (Å²) in [5, 5.41) is 0. The number of carbonyl (C=O) groups is 1. The average molecular weight is 386 g/mol. The number of fused-ring (bicyclic) bond motifs is 1. The lowest BCUT2D eigenvalue weighted by Crippen LogP contribution is -2.41. The molecule has 3 aromatic rings. The van der Waals surface area contributed by atoms with E-state index in [-0.39, 0.29) is 11.3 Å². The fraction of sp³-hybridized carbons (Fsp3) is 0.375. The molecule has 0 unspecified atom stereocenters. The molecule has 1 aliphatic heterocycles. The van der Waals surface area contributed by atoms with Crippen molar-refractivity contribution in [2.75, 3.05) is 13.1 Å². The van der Waals surface area contributed by atoms with E-state index in [9.17, 15) is 4.79 Å². The first-order valence-electron chi connectivity index (χ1n) is 10.1. The Morgan fingerprint density at radius 3 is 2.59 bits per heavy atom. The molecular formula is C24H26N4O. The van der Waals surface area contributed by atoms with Gasteiger partial charge in [0.25, 0.3) is 0 Å². The molecule has 1 saturated heterocycles. The number of hydrogen-bond donors (Lipinski definition) is 0. The van der Waals surface area contributed by atoms with Gasteiger partial charge in [0.2, 0.25) is 0 Å². The molecular weight excluding hydrogens is 360 g/mol. The number of rotatable bonds is 4. The number of pyridine rings is 1. The number of carbonyl (C=O) groups excluding carboxylic acids is 1. The SMILES string of the molecule is [C-]#[N+]c1ccc(-n2c(C)c(C(=O)CN3CCCC3(C)C)c3ncc(C)cc32)cc1. The smallest absolute Gasteiger partial charge is 0.187 e. The summed E-state index contributed by atoms with van der Waals surface area (Å²) < 4.78 is 2.09. The van der Waals surface area contributed by atoms with Crippen LogP contribution in [-0.4, -0.2) is 38.9 Å². The molecule has 0 bridgehead atoms. The van der Waals surface area contributed by atoms with Crippen molar-refractivity contribution < 1.29 is 4.79 Å². The Balaban J connectivity index is 1.83. The zero-order valence-corrected chi connectivity index (χ0v) is 17.5. The molecule has 0 saturated carbocycles. The van der Waals surface area contributed by atoms with Crippen LogP contribution in [0, 0.1) is 20.4 Å². The second-order valence-corrected chi connectivity index (χ2v) is 8.57. The van der Waals surface area contributed by atoms with E-state index in [4.69, 9.17) is 6.57 Å². The maximum Gasteiger partial charge on any atom is 0.187 e. The maximum absolute atomic E-state index is 13.4. The topological polar surface area (TPSA) is 42.5 Å². The summed E-state index contributed by atoms with van der Waals surface area (Å²) in [5.74, 6) is 0.121. The number of nitrogens with zero attached hydrogens (tertiary/aromatic N) is 4. The monoisotopic (exact) mass is 386 g/mol. The zero-order chi connectivity index (χ0) is 20.8. The molecule has 5 nitrogen and oxygen atoms in total. The minimum absolute atomic E-state index is 0.0571. The number of hydrogen-bond acceptors (Lipinski definition) is 3. The lowest BCUT2D eigenvalue weighted by molar-refractivity contribution is 0.0872. The molecule has 0 spiro atoms. The Morgan fingerprint density at radius 2 is 1.97 bits per heavy atom. The molecule has 4 rings (SSSR count). The van der Waals surface area contributed by atoms with Gasteiger partial charge in [-0.2, -0.15) is 0 Å². The number of ketones is 1. The van der Waals surface area contributed by atoms with Gasteiger partial charge >= 0.3 is 0 Å². The van der Waals surface area contributed by atoms with Crippen LogP contribution in [0.15, 0.2) is 36.5 Å². The quantitative estimate of drug-likeness (QED) is 0.454. The third-order valence-electron chi connectivity index (χ3n) is 6.10. The minimum atomic E-state index is 0.0571. The third kappa shape index (κ3) is 3.34. The maximum atomic E-state index is 13.4. The highest BCUT2D eigenvalue weighted by Gasteiger charge is 2.34. The molecule has 29 heavy (non-hydrogen) atoms. The van der Waals surface area contributed by atoms with Crippen LogP contribution in [-0.2, 0) is 0 Å². The van der Waals surface area contributed by atoms with Gasteiger partial charge in [0.05, 0.1) is 29.7 Å². The van der Waals surface area contributed by atoms with Crippen LogP contribution in [0.4, 0.5) is 5.69 Å². The van der Waals surface area contributed by atoms with Gasteiger partial charge in [-0.3, -0.25) is 14.7 Å². The molecule has 2 aromatic heterocycles. The van der Waals surface area contributed by atoms with Gasteiger partial charge in [0.1, 0.15) is 0 Å². The minimum Gasteiger partial charge on any atom is -0.312 e. The fourth-order valence-electron chi connectivity index (χ4n) is 4.43. The number of aromatic nitrogens is 2. The van der Waals surface area contributed by atoms with Crippen molar-refractivity contribution in [2.45, 2.75) is 46.1 Å². The predicted octanol–water partition coefficient (Wildman–Crippen LogP) is 5.25. The highest BCUT2D eigenvalue weighted by molar-refractivity contribution is 6.09. The van der Waals surface area contributed by atoms with E-state index in [1.54, 1.807) is 0 Å². The Hall–Kier alpha value is -2.97. The van der Waals surface area contributed by atoms with Gasteiger partial charge in [-0.1, -0.05) is 12.1 Å².